The van der Waals surface area contributed by atoms with Gasteiger partial charge in [0, 0.05) is 40.4 Å². The van der Waals surface area contributed by atoms with Gasteiger partial charge >= 0.3 is 0 Å². The molecule has 6 nitrogen and oxygen atoms in total. The van der Waals surface area contributed by atoms with Crippen molar-refractivity contribution >= 4 is 22.8 Å². The number of hydrogen-bond acceptors (Lipinski definition) is 5. The Kier molecular flexibility index (Phi) is 6.08. The predicted molar refractivity (Wildman–Crippen MR) is 174 cm³/mol. The molecule has 1 aliphatic rings. The monoisotopic (exact) mass is 554 g/mol. The fourth-order valence-corrected chi connectivity index (χ4v) is 5.67. The molecule has 204 valence electrons. The second kappa shape index (κ2) is 10.5. The third-order valence-corrected chi connectivity index (χ3v) is 7.71. The van der Waals surface area contributed by atoms with Crippen LogP contribution in [0.25, 0.3) is 68.1 Å². The second-order valence-electron chi connectivity index (χ2n) is 10.4. The Morgan fingerprint density at radius 2 is 1.19 bits per heavy atom. The van der Waals surface area contributed by atoms with Crippen LogP contribution in [0, 0.1) is 0 Å². The first-order chi connectivity index (χ1) is 21.3. The number of nitrogens with one attached hydrogen (secondary N) is 1. The third-order valence-electron chi connectivity index (χ3n) is 7.71. The van der Waals surface area contributed by atoms with E-state index in [0.717, 1.165) is 51.5 Å². The lowest BCUT2D eigenvalue weighted by Gasteiger charge is -2.14. The van der Waals surface area contributed by atoms with Crippen LogP contribution < -0.4 is 5.32 Å². The van der Waals surface area contributed by atoms with Crippen LogP contribution in [0.1, 0.15) is 5.56 Å². The predicted octanol–water partition coefficient (Wildman–Crippen LogP) is 8.32. The minimum absolute atomic E-state index is 0.640. The molecule has 3 aromatic heterocycles. The summed E-state index contributed by atoms with van der Waals surface area (Å²) in [4.78, 5) is 19.3. The van der Waals surface area contributed by atoms with Gasteiger partial charge in [-0.3, -0.25) is 4.57 Å². The van der Waals surface area contributed by atoms with Crippen molar-refractivity contribution in [3.8, 4) is 51.1 Å². The fourth-order valence-electron chi connectivity index (χ4n) is 5.67. The van der Waals surface area contributed by atoms with Crippen molar-refractivity contribution in [3.05, 3.63) is 139 Å². The molecule has 0 bridgehead atoms. The van der Waals surface area contributed by atoms with Crippen LogP contribution in [0.3, 0.4) is 0 Å². The lowest BCUT2D eigenvalue weighted by Crippen LogP contribution is -2.09. The Morgan fingerprint density at radius 1 is 0.558 bits per heavy atom. The van der Waals surface area contributed by atoms with Gasteiger partial charge in [0.25, 0.3) is 0 Å². The Bertz CT molecular complexity index is 2060. The molecule has 4 heterocycles. The molecular weight excluding hydrogens is 528 g/mol. The topological polar surface area (TPSA) is 68.5 Å². The standard InChI is InChI=1S/C37H26N6/c1-3-11-25(12-4-1)34-40-35(26-13-5-2-6-14-26)42-36(41-34)29-16-9-15-27(23-29)28-19-20-32-31(24-28)30-17-10-22-39-37(30)43(32)33-18-7-8-21-38-33/h1-21,23-24,39H,22H2. The van der Waals surface area contributed by atoms with E-state index in [-0.39, 0.29) is 0 Å². The van der Waals surface area contributed by atoms with Crippen LogP contribution in [0.4, 0.5) is 5.82 Å². The van der Waals surface area contributed by atoms with Crippen molar-refractivity contribution in [2.75, 3.05) is 11.9 Å². The summed E-state index contributed by atoms with van der Waals surface area (Å²) in [7, 11) is 0. The van der Waals surface area contributed by atoms with E-state index in [1.165, 1.54) is 10.9 Å². The van der Waals surface area contributed by atoms with E-state index in [0.29, 0.717) is 17.5 Å². The zero-order valence-corrected chi connectivity index (χ0v) is 23.2. The van der Waals surface area contributed by atoms with Crippen LogP contribution in [-0.2, 0) is 0 Å². The van der Waals surface area contributed by atoms with Crippen molar-refractivity contribution < 1.29 is 0 Å². The fraction of sp³-hybridized carbons (Fsp3) is 0.0270. The van der Waals surface area contributed by atoms with Gasteiger partial charge in [0.2, 0.25) is 0 Å². The largest absolute Gasteiger partial charge is 0.367 e. The van der Waals surface area contributed by atoms with E-state index in [1.54, 1.807) is 0 Å². The summed E-state index contributed by atoms with van der Waals surface area (Å²) < 4.78 is 2.20. The molecule has 1 N–H and O–H groups in total. The van der Waals surface area contributed by atoms with Crippen molar-refractivity contribution in [1.29, 1.82) is 0 Å². The summed E-state index contributed by atoms with van der Waals surface area (Å²) in [5, 5.41) is 4.73. The first-order valence-corrected chi connectivity index (χ1v) is 14.3. The van der Waals surface area contributed by atoms with E-state index < -0.39 is 0 Å². The van der Waals surface area contributed by atoms with E-state index in [1.807, 2.05) is 85.1 Å². The minimum atomic E-state index is 0.640. The number of aromatic nitrogens is 5. The lowest BCUT2D eigenvalue weighted by molar-refractivity contribution is 1.03. The number of hydrogen-bond donors (Lipinski definition) is 1. The Hall–Kier alpha value is -5.88. The maximum absolute atomic E-state index is 4.93. The zero-order valence-electron chi connectivity index (χ0n) is 23.2. The summed E-state index contributed by atoms with van der Waals surface area (Å²) in [5.74, 6) is 3.90. The van der Waals surface area contributed by atoms with E-state index in [9.17, 15) is 0 Å². The molecule has 0 saturated heterocycles. The van der Waals surface area contributed by atoms with Crippen LogP contribution in [0.5, 0.6) is 0 Å². The summed E-state index contributed by atoms with van der Waals surface area (Å²) in [6, 6.07) is 41.2. The lowest BCUT2D eigenvalue weighted by atomic mass is 10.00. The number of anilines is 1. The summed E-state index contributed by atoms with van der Waals surface area (Å²) in [6.45, 7) is 0.785. The first-order valence-electron chi connectivity index (χ1n) is 14.3. The Morgan fingerprint density at radius 3 is 1.88 bits per heavy atom. The molecule has 7 aromatic rings. The molecular formula is C37H26N6. The van der Waals surface area contributed by atoms with Gasteiger partial charge in [0.15, 0.2) is 17.5 Å². The molecule has 4 aromatic carbocycles. The van der Waals surface area contributed by atoms with Crippen molar-refractivity contribution in [2.24, 2.45) is 0 Å². The number of nitrogens with zero attached hydrogens (tertiary/aromatic N) is 5. The smallest absolute Gasteiger partial charge is 0.164 e. The van der Waals surface area contributed by atoms with E-state index in [4.69, 9.17) is 15.0 Å². The number of pyridine rings is 1. The maximum Gasteiger partial charge on any atom is 0.164 e. The van der Waals surface area contributed by atoms with Gasteiger partial charge in [-0.25, -0.2) is 19.9 Å². The van der Waals surface area contributed by atoms with Crippen molar-refractivity contribution in [2.45, 2.75) is 0 Å². The normalized spacial score (nSPS) is 12.2. The third kappa shape index (κ3) is 4.55. The van der Waals surface area contributed by atoms with Crippen LogP contribution in [0.15, 0.2) is 134 Å². The summed E-state index contributed by atoms with van der Waals surface area (Å²) in [5.41, 5.74) is 7.33. The molecule has 0 spiro atoms. The van der Waals surface area contributed by atoms with E-state index in [2.05, 4.69) is 69.5 Å². The second-order valence-corrected chi connectivity index (χ2v) is 10.4. The Labute approximate surface area is 249 Å². The zero-order chi connectivity index (χ0) is 28.6. The van der Waals surface area contributed by atoms with Gasteiger partial charge < -0.3 is 5.32 Å². The molecule has 0 aliphatic carbocycles. The summed E-state index contributed by atoms with van der Waals surface area (Å²) >= 11 is 0. The molecule has 0 amide bonds. The highest BCUT2D eigenvalue weighted by atomic mass is 15.2. The number of fused-ring (bicyclic) bond motifs is 3. The molecule has 8 rings (SSSR count). The molecule has 6 heteroatoms. The maximum atomic E-state index is 4.93. The molecule has 0 radical (unpaired) electrons. The van der Waals surface area contributed by atoms with Crippen LogP contribution in [-0.4, -0.2) is 31.0 Å². The average molecular weight is 555 g/mol. The molecule has 0 fully saturated rings. The minimum Gasteiger partial charge on any atom is -0.367 e. The summed E-state index contributed by atoms with van der Waals surface area (Å²) in [6.07, 6.45) is 6.20. The van der Waals surface area contributed by atoms with Crippen molar-refractivity contribution in [1.82, 2.24) is 24.5 Å². The SMILES string of the molecule is C1=Cc2c(n(-c3ccccn3)c3ccc(-c4cccc(-c5nc(-c6ccccc6)nc(-c6ccccc6)n5)c4)cc23)NC1. The van der Waals surface area contributed by atoms with Crippen LogP contribution >= 0.6 is 0 Å². The van der Waals surface area contributed by atoms with Crippen LogP contribution in [0.2, 0.25) is 0 Å². The average Bonchev–Trinajstić information content (AvgIpc) is 3.43. The molecule has 0 atom stereocenters. The van der Waals surface area contributed by atoms with Gasteiger partial charge in [-0.15, -0.1) is 0 Å². The highest BCUT2D eigenvalue weighted by Crippen LogP contribution is 2.38. The van der Waals surface area contributed by atoms with Gasteiger partial charge in [-0.2, -0.15) is 0 Å². The quantitative estimate of drug-likeness (QED) is 0.232. The number of benzene rings is 4. The Balaban J connectivity index is 1.25. The molecule has 0 saturated carbocycles. The first kappa shape index (κ1) is 24.9. The highest BCUT2D eigenvalue weighted by molar-refractivity contribution is 6.00. The van der Waals surface area contributed by atoms with E-state index >= 15 is 0 Å². The molecule has 43 heavy (non-hydrogen) atoms. The van der Waals surface area contributed by atoms with Crippen molar-refractivity contribution in [3.63, 3.8) is 0 Å². The highest BCUT2D eigenvalue weighted by Gasteiger charge is 2.20. The number of rotatable bonds is 5. The van der Waals surface area contributed by atoms with Gasteiger partial charge in [0.05, 0.1) is 5.52 Å². The van der Waals surface area contributed by atoms with Gasteiger partial charge in [-0.05, 0) is 41.5 Å². The van der Waals surface area contributed by atoms with Gasteiger partial charge in [-0.1, -0.05) is 103 Å². The molecule has 0 unspecified atom stereocenters. The molecule has 1 aliphatic heterocycles. The van der Waals surface area contributed by atoms with Gasteiger partial charge in [0.1, 0.15) is 11.6 Å².